The van der Waals surface area contributed by atoms with Crippen LogP contribution >= 0.6 is 0 Å². The third-order valence-electron chi connectivity index (χ3n) is 3.29. The molecule has 0 bridgehead atoms. The Hall–Kier alpha value is -0.153. The maximum Gasteiger partial charge on any atom is 0.134 e. The third-order valence-corrected chi connectivity index (χ3v) is 5.20. The Morgan fingerprint density at radius 2 is 2.06 bits per heavy atom. The highest BCUT2D eigenvalue weighted by atomic mass is 28.2. The van der Waals surface area contributed by atoms with E-state index in [9.17, 15) is 4.79 Å². The number of unbranched alkanes of at least 4 members (excludes halogenated alkanes) is 4. The highest BCUT2D eigenvalue weighted by Gasteiger charge is 2.17. The molecule has 1 heterocycles. The Kier molecular flexibility index (Phi) is 7.77. The quantitative estimate of drug-likeness (QED) is 0.483. The summed E-state index contributed by atoms with van der Waals surface area (Å²) < 4.78 is 5.63. The second-order valence-electron chi connectivity index (χ2n) is 4.90. The van der Waals surface area contributed by atoms with E-state index >= 15 is 0 Å². The van der Waals surface area contributed by atoms with Crippen LogP contribution in [0.2, 0.25) is 0 Å². The van der Waals surface area contributed by atoms with Crippen LogP contribution in [0.1, 0.15) is 64.7 Å². The molecule has 0 aliphatic carbocycles. The van der Waals surface area contributed by atoms with Gasteiger partial charge in [-0.15, -0.1) is 0 Å². The van der Waals surface area contributed by atoms with Crippen molar-refractivity contribution >= 4 is 14.9 Å². The van der Waals surface area contributed by atoms with Crippen LogP contribution in [-0.2, 0) is 9.53 Å². The Morgan fingerprint density at radius 3 is 2.75 bits per heavy atom. The monoisotopic (exact) mass is 242 g/mol. The first kappa shape index (κ1) is 13.9. The van der Waals surface area contributed by atoms with Crippen LogP contribution in [0.3, 0.4) is 0 Å². The number of hydrogen-bond donors (Lipinski definition) is 0. The largest absolute Gasteiger partial charge is 0.382 e. The van der Waals surface area contributed by atoms with E-state index < -0.39 is 9.52 Å². The molecule has 94 valence electrons. The second kappa shape index (κ2) is 8.94. The number of carbonyl (C=O) groups excluding carboxylic acids is 1. The van der Waals surface area contributed by atoms with Gasteiger partial charge in [-0.3, -0.25) is 0 Å². The van der Waals surface area contributed by atoms with Gasteiger partial charge in [-0.25, -0.2) is 0 Å². The summed E-state index contributed by atoms with van der Waals surface area (Å²) in [4.78, 5) is 11.7. The Bertz CT molecular complexity index is 188. The molecule has 1 saturated heterocycles. The minimum atomic E-state index is -0.611. The van der Waals surface area contributed by atoms with Crippen molar-refractivity contribution in [3.8, 4) is 0 Å². The van der Waals surface area contributed by atoms with E-state index in [1.54, 1.807) is 0 Å². The van der Waals surface area contributed by atoms with Gasteiger partial charge < -0.3 is 9.53 Å². The van der Waals surface area contributed by atoms with Crippen LogP contribution in [0.25, 0.3) is 0 Å². The summed E-state index contributed by atoms with van der Waals surface area (Å²) in [5.74, 6) is 0. The maximum absolute atomic E-state index is 11.7. The van der Waals surface area contributed by atoms with Crippen LogP contribution in [0.4, 0.5) is 0 Å². The molecule has 0 spiro atoms. The van der Waals surface area contributed by atoms with Crippen LogP contribution in [0, 0.1) is 0 Å². The van der Waals surface area contributed by atoms with Gasteiger partial charge >= 0.3 is 0 Å². The zero-order valence-corrected chi connectivity index (χ0v) is 12.1. The zero-order valence-electron chi connectivity index (χ0n) is 10.7. The van der Waals surface area contributed by atoms with Crippen LogP contribution < -0.4 is 0 Å². The molecule has 0 N–H and O–H groups in total. The SMILES string of the molecule is CCCCCCCC(=O)[SiH2]C1CCCCO1. The molecule has 0 radical (unpaired) electrons. The second-order valence-corrected chi connectivity index (χ2v) is 7.00. The summed E-state index contributed by atoms with van der Waals surface area (Å²) >= 11 is 0. The zero-order chi connectivity index (χ0) is 11.6. The van der Waals surface area contributed by atoms with Gasteiger partial charge in [-0.2, -0.15) is 0 Å². The lowest BCUT2D eigenvalue weighted by molar-refractivity contribution is -0.112. The van der Waals surface area contributed by atoms with Crippen LogP contribution in [0.5, 0.6) is 0 Å². The van der Waals surface area contributed by atoms with Gasteiger partial charge in [0.15, 0.2) is 0 Å². The van der Waals surface area contributed by atoms with Gasteiger partial charge in [0.2, 0.25) is 0 Å². The van der Waals surface area contributed by atoms with Crippen molar-refractivity contribution < 1.29 is 9.53 Å². The normalized spacial score (nSPS) is 21.7. The van der Waals surface area contributed by atoms with E-state index in [1.165, 1.54) is 38.5 Å². The lowest BCUT2D eigenvalue weighted by Crippen LogP contribution is -2.30. The topological polar surface area (TPSA) is 26.3 Å². The minimum Gasteiger partial charge on any atom is -0.382 e. The summed E-state index contributed by atoms with van der Waals surface area (Å²) in [5, 5.41) is 0.545. The molecule has 1 fully saturated rings. The first-order chi connectivity index (χ1) is 7.83. The summed E-state index contributed by atoms with van der Waals surface area (Å²) in [6.07, 6.45) is 10.7. The highest BCUT2D eigenvalue weighted by Crippen LogP contribution is 2.12. The van der Waals surface area contributed by atoms with Gasteiger partial charge in [-0.1, -0.05) is 32.6 Å². The van der Waals surface area contributed by atoms with Crippen LogP contribution in [-0.4, -0.2) is 27.3 Å². The van der Waals surface area contributed by atoms with Gasteiger partial charge in [0.1, 0.15) is 14.9 Å². The molecule has 0 aromatic rings. The third kappa shape index (κ3) is 6.43. The lowest BCUT2D eigenvalue weighted by atomic mass is 10.1. The smallest absolute Gasteiger partial charge is 0.134 e. The van der Waals surface area contributed by atoms with E-state index in [0.29, 0.717) is 11.1 Å². The Labute approximate surface area is 102 Å². The fourth-order valence-corrected chi connectivity index (χ4v) is 3.99. The number of ether oxygens (including phenoxy) is 1. The molecule has 3 heteroatoms. The summed E-state index contributed by atoms with van der Waals surface area (Å²) in [5.41, 5.74) is 0.372. The summed E-state index contributed by atoms with van der Waals surface area (Å²) in [6.45, 7) is 3.11. The average molecular weight is 242 g/mol. The van der Waals surface area contributed by atoms with E-state index in [2.05, 4.69) is 6.92 Å². The molecular formula is C13H26O2Si. The lowest BCUT2D eigenvalue weighted by Gasteiger charge is -2.21. The molecule has 0 aromatic heterocycles. The molecular weight excluding hydrogens is 216 g/mol. The van der Waals surface area contributed by atoms with E-state index in [0.717, 1.165) is 25.9 Å². The van der Waals surface area contributed by atoms with Gasteiger partial charge in [0.05, 0.1) is 5.73 Å². The van der Waals surface area contributed by atoms with Crippen molar-refractivity contribution in [3.63, 3.8) is 0 Å². The number of hydrogen-bond acceptors (Lipinski definition) is 2. The Balaban J connectivity index is 1.97. The van der Waals surface area contributed by atoms with Gasteiger partial charge in [-0.05, 0) is 25.7 Å². The van der Waals surface area contributed by atoms with Gasteiger partial charge in [0.25, 0.3) is 0 Å². The molecule has 1 atom stereocenters. The molecule has 0 amide bonds. The highest BCUT2D eigenvalue weighted by molar-refractivity contribution is 6.74. The number of carbonyl (C=O) groups is 1. The molecule has 2 nitrogen and oxygen atoms in total. The maximum atomic E-state index is 11.7. The predicted molar refractivity (Wildman–Crippen MR) is 70.5 cm³/mol. The van der Waals surface area contributed by atoms with Crippen molar-refractivity contribution in [2.24, 2.45) is 0 Å². The van der Waals surface area contributed by atoms with Crippen molar-refractivity contribution in [2.75, 3.05) is 6.61 Å². The molecule has 0 aromatic carbocycles. The van der Waals surface area contributed by atoms with E-state index in [1.807, 2.05) is 0 Å². The van der Waals surface area contributed by atoms with Crippen molar-refractivity contribution in [2.45, 2.75) is 70.4 Å². The van der Waals surface area contributed by atoms with E-state index in [4.69, 9.17) is 4.74 Å². The fourth-order valence-electron chi connectivity index (χ4n) is 2.25. The molecule has 1 aliphatic heterocycles. The number of rotatable bonds is 8. The molecule has 1 rings (SSSR count). The summed E-state index contributed by atoms with van der Waals surface area (Å²) in [6, 6.07) is 0. The van der Waals surface area contributed by atoms with Crippen molar-refractivity contribution in [1.82, 2.24) is 0 Å². The molecule has 1 aliphatic rings. The van der Waals surface area contributed by atoms with Crippen molar-refractivity contribution in [3.05, 3.63) is 0 Å². The van der Waals surface area contributed by atoms with Crippen molar-refractivity contribution in [1.29, 1.82) is 0 Å². The minimum absolute atomic E-state index is 0.372. The molecule has 16 heavy (non-hydrogen) atoms. The fraction of sp³-hybridized carbons (Fsp3) is 0.923. The average Bonchev–Trinajstić information content (AvgIpc) is 2.30. The Morgan fingerprint density at radius 1 is 1.25 bits per heavy atom. The predicted octanol–water partition coefficient (Wildman–Crippen LogP) is 2.57. The first-order valence-electron chi connectivity index (χ1n) is 6.96. The first-order valence-corrected chi connectivity index (χ1v) is 8.48. The standard InChI is InChI=1S/C13H26O2Si/c1-2-3-4-5-6-9-12(14)16-13-10-7-8-11-15-13/h13H,2-11,16H2,1H3. The summed E-state index contributed by atoms with van der Waals surface area (Å²) in [7, 11) is -0.611. The van der Waals surface area contributed by atoms with E-state index in [-0.39, 0.29) is 0 Å². The molecule has 1 unspecified atom stereocenters. The van der Waals surface area contributed by atoms with Crippen LogP contribution in [0.15, 0.2) is 0 Å². The van der Waals surface area contributed by atoms with Gasteiger partial charge in [0, 0.05) is 13.0 Å². The molecule has 0 saturated carbocycles.